The predicted octanol–water partition coefficient (Wildman–Crippen LogP) is 1.34. The van der Waals surface area contributed by atoms with Gasteiger partial charge in [-0.2, -0.15) is 12.6 Å². The quantitative estimate of drug-likeness (QED) is 0.536. The Morgan fingerprint density at radius 3 is 2.84 bits per heavy atom. The molecule has 0 amide bonds. The SMILES string of the molecule is O=C1C=CC2C=CC=CC2/C1=C/NC(CS)C(=O)O. The molecule has 0 saturated heterocycles. The van der Waals surface area contributed by atoms with E-state index in [0.717, 1.165) is 0 Å². The second kappa shape index (κ2) is 5.93. The number of allylic oxidation sites excluding steroid dienone is 7. The number of ketones is 1. The maximum Gasteiger partial charge on any atom is 0.326 e. The van der Waals surface area contributed by atoms with Crippen LogP contribution >= 0.6 is 12.6 Å². The molecule has 19 heavy (non-hydrogen) atoms. The van der Waals surface area contributed by atoms with Crippen LogP contribution in [0, 0.1) is 11.8 Å². The molecule has 0 saturated carbocycles. The van der Waals surface area contributed by atoms with Crippen LogP contribution in [0.15, 0.2) is 48.2 Å². The summed E-state index contributed by atoms with van der Waals surface area (Å²) in [6.45, 7) is 0. The van der Waals surface area contributed by atoms with Crippen molar-refractivity contribution >= 4 is 24.4 Å². The van der Waals surface area contributed by atoms with Crippen molar-refractivity contribution in [1.82, 2.24) is 5.32 Å². The van der Waals surface area contributed by atoms with Crippen molar-refractivity contribution in [3.8, 4) is 0 Å². The van der Waals surface area contributed by atoms with E-state index in [1.54, 1.807) is 0 Å². The van der Waals surface area contributed by atoms with Crippen LogP contribution in [0.4, 0.5) is 0 Å². The Hall–Kier alpha value is -1.75. The van der Waals surface area contributed by atoms with Gasteiger partial charge in [0.05, 0.1) is 0 Å². The Labute approximate surface area is 117 Å². The minimum atomic E-state index is -0.985. The second-order valence-corrected chi connectivity index (χ2v) is 4.80. The van der Waals surface area contributed by atoms with Crippen molar-refractivity contribution in [3.05, 3.63) is 48.2 Å². The summed E-state index contributed by atoms with van der Waals surface area (Å²) in [7, 11) is 0. The zero-order valence-corrected chi connectivity index (χ0v) is 11.1. The number of thiol groups is 1. The molecule has 0 aromatic carbocycles. The standard InChI is InChI=1S/C14H15NO3S/c16-13-6-5-9-3-1-2-4-10(9)11(13)7-15-12(8-19)14(17)18/h1-7,9-10,12,15,19H,8H2,(H,17,18)/b11-7-. The Morgan fingerprint density at radius 1 is 1.42 bits per heavy atom. The molecule has 0 bridgehead atoms. The molecule has 100 valence electrons. The molecule has 2 N–H and O–H groups in total. The van der Waals surface area contributed by atoms with Gasteiger partial charge < -0.3 is 10.4 Å². The van der Waals surface area contributed by atoms with E-state index in [-0.39, 0.29) is 23.4 Å². The molecule has 0 aromatic heterocycles. The third-order valence-corrected chi connectivity index (χ3v) is 3.58. The minimum Gasteiger partial charge on any atom is -0.480 e. The predicted molar refractivity (Wildman–Crippen MR) is 75.9 cm³/mol. The lowest BCUT2D eigenvalue weighted by Crippen LogP contribution is -2.36. The molecule has 0 fully saturated rings. The van der Waals surface area contributed by atoms with E-state index < -0.39 is 12.0 Å². The van der Waals surface area contributed by atoms with Gasteiger partial charge in [0.15, 0.2) is 5.78 Å². The number of hydrogen-bond donors (Lipinski definition) is 3. The highest BCUT2D eigenvalue weighted by atomic mass is 32.1. The van der Waals surface area contributed by atoms with E-state index in [2.05, 4.69) is 17.9 Å². The second-order valence-electron chi connectivity index (χ2n) is 4.44. The first kappa shape index (κ1) is 13.7. The highest BCUT2D eigenvalue weighted by molar-refractivity contribution is 7.80. The van der Waals surface area contributed by atoms with Gasteiger partial charge in [0, 0.05) is 29.4 Å². The first-order valence-electron chi connectivity index (χ1n) is 6.01. The number of aliphatic carboxylic acids is 1. The number of carbonyl (C=O) groups is 2. The summed E-state index contributed by atoms with van der Waals surface area (Å²) in [6, 6.07) is -0.795. The Kier molecular flexibility index (Phi) is 4.27. The molecule has 0 heterocycles. The minimum absolute atomic E-state index is 0.0237. The van der Waals surface area contributed by atoms with Gasteiger partial charge in [0.25, 0.3) is 0 Å². The maximum atomic E-state index is 11.9. The molecule has 4 nitrogen and oxygen atoms in total. The van der Waals surface area contributed by atoms with Crippen LogP contribution in [0.25, 0.3) is 0 Å². The van der Waals surface area contributed by atoms with E-state index >= 15 is 0 Å². The normalized spacial score (nSPS) is 28.3. The third-order valence-electron chi connectivity index (χ3n) is 3.21. The van der Waals surface area contributed by atoms with Gasteiger partial charge in [-0.1, -0.05) is 30.4 Å². The summed E-state index contributed by atoms with van der Waals surface area (Å²) in [5.41, 5.74) is 0.584. The summed E-state index contributed by atoms with van der Waals surface area (Å²) in [6.07, 6.45) is 12.7. The summed E-state index contributed by atoms with van der Waals surface area (Å²) < 4.78 is 0. The highest BCUT2D eigenvalue weighted by Gasteiger charge is 2.28. The van der Waals surface area contributed by atoms with Crippen LogP contribution in [0.1, 0.15) is 0 Å². The fourth-order valence-corrected chi connectivity index (χ4v) is 2.40. The number of carboxylic acid groups (broad SMARTS) is 1. The largest absolute Gasteiger partial charge is 0.480 e. The highest BCUT2D eigenvalue weighted by Crippen LogP contribution is 2.31. The van der Waals surface area contributed by atoms with Gasteiger partial charge in [-0.25, -0.2) is 4.79 Å². The third kappa shape index (κ3) is 2.98. The van der Waals surface area contributed by atoms with Crippen LogP contribution in [0.3, 0.4) is 0 Å². The molecule has 2 aliphatic carbocycles. The topological polar surface area (TPSA) is 66.4 Å². The maximum absolute atomic E-state index is 11.9. The lowest BCUT2D eigenvalue weighted by Gasteiger charge is -2.26. The zero-order chi connectivity index (χ0) is 13.8. The van der Waals surface area contributed by atoms with Crippen LogP contribution < -0.4 is 5.32 Å². The Balaban J connectivity index is 2.19. The van der Waals surface area contributed by atoms with Crippen LogP contribution in [0.5, 0.6) is 0 Å². The fraction of sp³-hybridized carbons (Fsp3) is 0.286. The Bertz CT molecular complexity index is 505. The van der Waals surface area contributed by atoms with E-state index in [4.69, 9.17) is 5.11 Å². The van der Waals surface area contributed by atoms with E-state index in [1.807, 2.05) is 30.4 Å². The van der Waals surface area contributed by atoms with Crippen LogP contribution in [-0.2, 0) is 9.59 Å². The molecule has 3 atom stereocenters. The zero-order valence-electron chi connectivity index (χ0n) is 10.2. The molecule has 0 radical (unpaired) electrons. The molecule has 2 rings (SSSR count). The smallest absolute Gasteiger partial charge is 0.326 e. The van der Waals surface area contributed by atoms with Crippen molar-refractivity contribution in [2.75, 3.05) is 5.75 Å². The molecule has 0 spiro atoms. The summed E-state index contributed by atoms with van der Waals surface area (Å²) in [5.74, 6) is -0.773. The average Bonchev–Trinajstić information content (AvgIpc) is 2.41. The van der Waals surface area contributed by atoms with Crippen molar-refractivity contribution in [2.45, 2.75) is 6.04 Å². The van der Waals surface area contributed by atoms with Crippen molar-refractivity contribution in [2.24, 2.45) is 11.8 Å². The number of hydrogen-bond acceptors (Lipinski definition) is 4. The molecule has 3 unspecified atom stereocenters. The average molecular weight is 277 g/mol. The number of fused-ring (bicyclic) bond motifs is 1. The number of rotatable bonds is 4. The first-order valence-corrected chi connectivity index (χ1v) is 6.64. The summed E-state index contributed by atoms with van der Waals surface area (Å²) >= 11 is 3.97. The van der Waals surface area contributed by atoms with Gasteiger partial charge in [0.1, 0.15) is 6.04 Å². The fourth-order valence-electron chi connectivity index (χ4n) is 2.14. The van der Waals surface area contributed by atoms with E-state index in [9.17, 15) is 9.59 Å². The monoisotopic (exact) mass is 277 g/mol. The van der Waals surface area contributed by atoms with Gasteiger partial charge >= 0.3 is 5.97 Å². The first-order chi connectivity index (χ1) is 9.13. The van der Waals surface area contributed by atoms with E-state index in [0.29, 0.717) is 5.57 Å². The summed E-state index contributed by atoms with van der Waals surface area (Å²) in [5, 5.41) is 11.7. The van der Waals surface area contributed by atoms with Crippen molar-refractivity contribution in [1.29, 1.82) is 0 Å². The molecular weight excluding hydrogens is 262 g/mol. The Morgan fingerprint density at radius 2 is 2.16 bits per heavy atom. The number of nitrogens with one attached hydrogen (secondary N) is 1. The van der Waals surface area contributed by atoms with Gasteiger partial charge in [-0.15, -0.1) is 0 Å². The molecule has 0 aliphatic heterocycles. The van der Waals surface area contributed by atoms with Crippen LogP contribution in [-0.4, -0.2) is 28.7 Å². The number of carbonyl (C=O) groups excluding carboxylic acids is 1. The summed E-state index contributed by atoms with van der Waals surface area (Å²) in [4.78, 5) is 22.8. The van der Waals surface area contributed by atoms with Gasteiger partial charge in [0.2, 0.25) is 0 Å². The molecule has 2 aliphatic rings. The number of carboxylic acids is 1. The van der Waals surface area contributed by atoms with E-state index in [1.165, 1.54) is 12.3 Å². The van der Waals surface area contributed by atoms with Crippen LogP contribution in [0.2, 0.25) is 0 Å². The van der Waals surface area contributed by atoms with Gasteiger partial charge in [-0.3, -0.25) is 4.79 Å². The lowest BCUT2D eigenvalue weighted by atomic mass is 9.77. The van der Waals surface area contributed by atoms with Gasteiger partial charge in [-0.05, 0) is 6.08 Å². The molecule has 5 heteroatoms. The van der Waals surface area contributed by atoms with Crippen molar-refractivity contribution < 1.29 is 14.7 Å². The van der Waals surface area contributed by atoms with Crippen molar-refractivity contribution in [3.63, 3.8) is 0 Å². The molecule has 0 aromatic rings. The molecular formula is C14H15NO3S. The lowest BCUT2D eigenvalue weighted by molar-refractivity contribution is -0.138.